The van der Waals surface area contributed by atoms with Gasteiger partial charge in [-0.1, -0.05) is 173 Å². The molecule has 0 atom stereocenters. The molecule has 2 heteroatoms. The zero-order valence-electron chi connectivity index (χ0n) is 25.9. The van der Waals surface area contributed by atoms with Gasteiger partial charge in [-0.3, -0.25) is 0 Å². The summed E-state index contributed by atoms with van der Waals surface area (Å²) < 4.78 is 0. The summed E-state index contributed by atoms with van der Waals surface area (Å²) in [6.07, 6.45) is 18.0. The zero-order valence-corrected chi connectivity index (χ0v) is 26.6. The lowest BCUT2D eigenvalue weighted by Gasteiger charge is -2.17. The molecule has 0 heterocycles. The highest BCUT2D eigenvalue weighted by Gasteiger charge is 2.11. The van der Waals surface area contributed by atoms with Crippen LogP contribution in [-0.2, 0) is 12.8 Å². The van der Waals surface area contributed by atoms with Gasteiger partial charge < -0.3 is 5.32 Å². The molecule has 0 amide bonds. The van der Waals surface area contributed by atoms with Crippen molar-refractivity contribution in [2.45, 2.75) is 131 Å². The third-order valence-corrected chi connectivity index (χ3v) is 7.11. The maximum absolute atomic E-state index is 6.51. The van der Waals surface area contributed by atoms with Gasteiger partial charge in [0.15, 0.2) is 0 Å². The van der Waals surface area contributed by atoms with Crippen LogP contribution in [-0.4, -0.2) is 6.54 Å². The Morgan fingerprint density at radius 2 is 1.34 bits per heavy atom. The predicted octanol–water partition coefficient (Wildman–Crippen LogP) is 12.1. The van der Waals surface area contributed by atoms with Gasteiger partial charge in [-0.05, 0) is 47.9 Å². The molecule has 2 rings (SSSR count). The van der Waals surface area contributed by atoms with Gasteiger partial charge in [-0.25, -0.2) is 0 Å². The molecule has 0 saturated carbocycles. The van der Waals surface area contributed by atoms with Crippen molar-refractivity contribution in [3.05, 3.63) is 76.8 Å². The second-order valence-corrected chi connectivity index (χ2v) is 10.9. The quantitative estimate of drug-likeness (QED) is 0.196. The van der Waals surface area contributed by atoms with E-state index in [1.165, 1.54) is 94.6 Å². The van der Waals surface area contributed by atoms with Crippen LogP contribution >= 0.6 is 11.6 Å². The molecule has 0 fully saturated rings. The Balaban J connectivity index is 0.000000695. The van der Waals surface area contributed by atoms with E-state index in [-0.39, 0.29) is 0 Å². The first-order valence-corrected chi connectivity index (χ1v) is 16.1. The molecule has 0 aliphatic rings. The Morgan fingerprint density at radius 1 is 0.737 bits per heavy atom. The van der Waals surface area contributed by atoms with Crippen LogP contribution in [0.1, 0.15) is 135 Å². The molecular weight excluding hydrogens is 482 g/mol. The lowest BCUT2D eigenvalue weighted by atomic mass is 9.90. The molecule has 1 N–H and O–H groups in total. The molecular formula is C36H60ClN. The van der Waals surface area contributed by atoms with E-state index < -0.39 is 0 Å². The second kappa shape index (κ2) is 25.5. The maximum atomic E-state index is 6.51. The van der Waals surface area contributed by atoms with Crippen molar-refractivity contribution >= 4 is 17.3 Å². The van der Waals surface area contributed by atoms with E-state index in [1.807, 2.05) is 0 Å². The second-order valence-electron chi connectivity index (χ2n) is 10.5. The van der Waals surface area contributed by atoms with Crippen LogP contribution in [0.5, 0.6) is 0 Å². The average molecular weight is 542 g/mol. The highest BCUT2D eigenvalue weighted by Crippen LogP contribution is 2.26. The number of hydrogen-bond donors (Lipinski definition) is 1. The minimum Gasteiger partial charge on any atom is -0.385 e. The minimum absolute atomic E-state index is 0.754. The first kappa shape index (κ1) is 36.3. The van der Waals surface area contributed by atoms with Crippen molar-refractivity contribution in [3.8, 4) is 0 Å². The molecule has 216 valence electrons. The summed E-state index contributed by atoms with van der Waals surface area (Å²) in [5.41, 5.74) is 4.80. The fourth-order valence-corrected chi connectivity index (χ4v) is 4.76. The van der Waals surface area contributed by atoms with E-state index in [0.29, 0.717) is 0 Å². The average Bonchev–Trinajstić information content (AvgIpc) is 2.92. The Bertz CT molecular complexity index is 788. The van der Waals surface area contributed by atoms with Crippen molar-refractivity contribution in [3.63, 3.8) is 0 Å². The summed E-state index contributed by atoms with van der Waals surface area (Å²) in [5, 5.41) is 4.26. The number of hydrogen-bond acceptors (Lipinski definition) is 1. The van der Waals surface area contributed by atoms with E-state index in [1.54, 1.807) is 0 Å². The van der Waals surface area contributed by atoms with E-state index >= 15 is 0 Å². The summed E-state index contributed by atoms with van der Waals surface area (Å²) in [4.78, 5) is 0. The Hall–Kier alpha value is -1.73. The highest BCUT2D eigenvalue weighted by atomic mass is 35.5. The zero-order chi connectivity index (χ0) is 28.4. The molecule has 0 unspecified atom stereocenters. The van der Waals surface area contributed by atoms with Crippen LogP contribution in [0.2, 0.25) is 5.02 Å². The van der Waals surface area contributed by atoms with Crippen molar-refractivity contribution in [2.24, 2.45) is 5.92 Å². The monoisotopic (exact) mass is 541 g/mol. The van der Waals surface area contributed by atoms with Gasteiger partial charge in [0, 0.05) is 17.3 Å². The van der Waals surface area contributed by atoms with Crippen LogP contribution in [0.25, 0.3) is 5.70 Å². The first-order valence-electron chi connectivity index (χ1n) is 15.7. The van der Waals surface area contributed by atoms with Crippen LogP contribution in [0.4, 0.5) is 0 Å². The topological polar surface area (TPSA) is 12.0 Å². The van der Waals surface area contributed by atoms with Crippen LogP contribution in [0, 0.1) is 5.92 Å². The van der Waals surface area contributed by atoms with Crippen molar-refractivity contribution in [1.29, 1.82) is 0 Å². The van der Waals surface area contributed by atoms with E-state index in [0.717, 1.165) is 35.2 Å². The molecule has 0 saturated heterocycles. The molecule has 0 radical (unpaired) electrons. The molecule has 2 aromatic rings. The fourth-order valence-electron chi connectivity index (χ4n) is 4.50. The van der Waals surface area contributed by atoms with Crippen molar-refractivity contribution in [1.82, 2.24) is 5.32 Å². The van der Waals surface area contributed by atoms with Gasteiger partial charge in [-0.15, -0.1) is 0 Å². The van der Waals surface area contributed by atoms with Gasteiger partial charge in [-0.2, -0.15) is 0 Å². The summed E-state index contributed by atoms with van der Waals surface area (Å²) in [6, 6.07) is 17.0. The van der Waals surface area contributed by atoms with Crippen LogP contribution in [0.3, 0.4) is 0 Å². The molecule has 2 aromatic carbocycles. The number of benzene rings is 2. The van der Waals surface area contributed by atoms with Crippen LogP contribution in [0.15, 0.2) is 55.1 Å². The van der Waals surface area contributed by atoms with Crippen molar-refractivity contribution < 1.29 is 0 Å². The largest absolute Gasteiger partial charge is 0.385 e. The molecule has 0 aliphatic carbocycles. The van der Waals surface area contributed by atoms with E-state index in [4.69, 9.17) is 11.6 Å². The normalized spacial score (nSPS) is 10.3. The summed E-state index contributed by atoms with van der Waals surface area (Å²) >= 11 is 6.51. The van der Waals surface area contributed by atoms with Gasteiger partial charge in [0.05, 0.1) is 0 Å². The standard InChI is InChI=1S/C20H32ClN.C9H12.C7H16/c1-5-8-13-22-16(4)18-11-12-19(20(21)15-18)14-17(9-6-2)10-7-3;1-2-6-9-7-4-3-5-8-9;1-3-5-7-6-4-2/h11-12,15,17,22H,4-10,13-14H2,1-3H3;3-5,7-8H,2,6H2,1H3;3-7H2,1-2H3. The molecule has 38 heavy (non-hydrogen) atoms. The number of unbranched alkanes of at least 4 members (excludes halogenated alkanes) is 5. The molecule has 0 spiro atoms. The SMILES string of the molecule is C=C(NCCCC)c1ccc(CC(CCC)CCC)c(Cl)c1.CCCCCCC.CCCc1ccccc1. The molecule has 0 aromatic heterocycles. The number of nitrogens with one attached hydrogen (secondary N) is 1. The summed E-state index contributed by atoms with van der Waals surface area (Å²) in [7, 11) is 0. The maximum Gasteiger partial charge on any atom is 0.0444 e. The Kier molecular flexibility index (Phi) is 24.4. The lowest BCUT2D eigenvalue weighted by molar-refractivity contribution is 0.438. The van der Waals surface area contributed by atoms with Gasteiger partial charge in [0.1, 0.15) is 0 Å². The highest BCUT2D eigenvalue weighted by molar-refractivity contribution is 6.31. The predicted molar refractivity (Wildman–Crippen MR) is 175 cm³/mol. The Labute approximate surface area is 242 Å². The smallest absolute Gasteiger partial charge is 0.0444 e. The lowest BCUT2D eigenvalue weighted by Crippen LogP contribution is -2.12. The Morgan fingerprint density at radius 3 is 1.84 bits per heavy atom. The van der Waals surface area contributed by atoms with Crippen molar-refractivity contribution in [2.75, 3.05) is 6.54 Å². The fraction of sp³-hybridized carbons (Fsp3) is 0.611. The third-order valence-electron chi connectivity index (χ3n) is 6.76. The summed E-state index contributed by atoms with van der Waals surface area (Å²) in [6.45, 7) is 18.5. The first-order chi connectivity index (χ1) is 18.5. The molecule has 0 aliphatic heterocycles. The van der Waals surface area contributed by atoms with E-state index in [9.17, 15) is 0 Å². The van der Waals surface area contributed by atoms with Gasteiger partial charge in [0.2, 0.25) is 0 Å². The molecule has 0 bridgehead atoms. The number of rotatable bonds is 17. The van der Waals surface area contributed by atoms with Crippen LogP contribution < -0.4 is 5.32 Å². The summed E-state index contributed by atoms with van der Waals surface area (Å²) in [5.74, 6) is 0.754. The van der Waals surface area contributed by atoms with Gasteiger partial charge >= 0.3 is 0 Å². The van der Waals surface area contributed by atoms with E-state index in [2.05, 4.69) is 102 Å². The number of aryl methyl sites for hydroxylation is 1. The number of halogens is 1. The minimum atomic E-state index is 0.754. The van der Waals surface area contributed by atoms with Gasteiger partial charge in [0.25, 0.3) is 0 Å². The third kappa shape index (κ3) is 18.5. The molecule has 1 nitrogen and oxygen atoms in total.